The summed E-state index contributed by atoms with van der Waals surface area (Å²) in [5.41, 5.74) is 3.62. The first-order valence-electron chi connectivity index (χ1n) is 9.37. The molecule has 0 unspecified atom stereocenters. The number of quaternary nitrogens is 1. The van der Waals surface area contributed by atoms with Crippen molar-refractivity contribution in [3.63, 3.8) is 0 Å². The van der Waals surface area contributed by atoms with Crippen LogP contribution in [0.25, 0.3) is 0 Å². The maximum absolute atomic E-state index is 12.2. The molecule has 0 bridgehead atoms. The highest BCUT2D eigenvalue weighted by molar-refractivity contribution is 6.31. The predicted octanol–water partition coefficient (Wildman–Crippen LogP) is 2.37. The molecular formula is C21H26Cl2N3O+. The van der Waals surface area contributed by atoms with E-state index in [2.05, 4.69) is 23.2 Å². The van der Waals surface area contributed by atoms with Gasteiger partial charge in [0.25, 0.3) is 5.91 Å². The Hall–Kier alpha value is -1.75. The van der Waals surface area contributed by atoms with Crippen molar-refractivity contribution in [1.82, 2.24) is 5.32 Å². The standard InChI is InChI=1S/C21H25Cl2N3O/c1-16-2-5-19(23)14-20(16)26-12-10-25(11-13-26)15-21(27)24-9-8-17-3-6-18(22)7-4-17/h2-7,14H,8-13,15H2,1H3,(H,24,27)/p+1. The van der Waals surface area contributed by atoms with Crippen LogP contribution < -0.4 is 15.1 Å². The topological polar surface area (TPSA) is 36.8 Å². The molecule has 3 rings (SSSR count). The zero-order chi connectivity index (χ0) is 19.2. The number of hydrogen-bond donors (Lipinski definition) is 2. The third-order valence-electron chi connectivity index (χ3n) is 5.04. The number of carbonyl (C=O) groups excluding carboxylic acids is 1. The number of anilines is 1. The van der Waals surface area contributed by atoms with Crippen LogP contribution in [0.2, 0.25) is 10.0 Å². The molecule has 1 fully saturated rings. The van der Waals surface area contributed by atoms with E-state index in [1.54, 1.807) is 0 Å². The summed E-state index contributed by atoms with van der Waals surface area (Å²) in [5.74, 6) is 0.117. The third-order valence-corrected chi connectivity index (χ3v) is 5.53. The lowest BCUT2D eigenvalue weighted by molar-refractivity contribution is -0.892. The van der Waals surface area contributed by atoms with Gasteiger partial charge in [0, 0.05) is 22.3 Å². The van der Waals surface area contributed by atoms with E-state index in [0.717, 1.165) is 42.6 Å². The molecule has 0 aliphatic carbocycles. The number of halogens is 2. The van der Waals surface area contributed by atoms with Gasteiger partial charge in [-0.3, -0.25) is 4.79 Å². The average molecular weight is 407 g/mol. The number of piperazine rings is 1. The quantitative estimate of drug-likeness (QED) is 0.772. The second-order valence-corrected chi connectivity index (χ2v) is 7.94. The second-order valence-electron chi connectivity index (χ2n) is 7.07. The Morgan fingerprint density at radius 1 is 1.07 bits per heavy atom. The molecule has 144 valence electrons. The fourth-order valence-corrected chi connectivity index (χ4v) is 3.74. The van der Waals surface area contributed by atoms with Crippen molar-refractivity contribution in [2.45, 2.75) is 13.3 Å². The third kappa shape index (κ3) is 5.86. The van der Waals surface area contributed by atoms with Crippen LogP contribution in [0.3, 0.4) is 0 Å². The summed E-state index contributed by atoms with van der Waals surface area (Å²) in [7, 11) is 0. The van der Waals surface area contributed by atoms with Crippen LogP contribution >= 0.6 is 23.2 Å². The SMILES string of the molecule is Cc1ccc(Cl)cc1N1CC[NH+](CC(=O)NCCc2ccc(Cl)cc2)CC1. The molecule has 0 spiro atoms. The maximum Gasteiger partial charge on any atom is 0.275 e. The van der Waals surface area contributed by atoms with Gasteiger partial charge in [-0.25, -0.2) is 0 Å². The fraction of sp³-hybridized carbons (Fsp3) is 0.381. The molecule has 27 heavy (non-hydrogen) atoms. The van der Waals surface area contributed by atoms with Crippen molar-refractivity contribution in [2.24, 2.45) is 0 Å². The molecule has 4 nitrogen and oxygen atoms in total. The van der Waals surface area contributed by atoms with E-state index >= 15 is 0 Å². The Balaban J connectivity index is 1.40. The molecule has 1 heterocycles. The molecular weight excluding hydrogens is 381 g/mol. The molecule has 0 saturated carbocycles. The van der Waals surface area contributed by atoms with Crippen LogP contribution in [-0.4, -0.2) is 45.2 Å². The first-order valence-corrected chi connectivity index (χ1v) is 10.1. The molecule has 2 N–H and O–H groups in total. The van der Waals surface area contributed by atoms with Crippen molar-refractivity contribution >= 4 is 34.8 Å². The van der Waals surface area contributed by atoms with Gasteiger partial charge in [0.05, 0.1) is 26.2 Å². The van der Waals surface area contributed by atoms with E-state index < -0.39 is 0 Å². The van der Waals surface area contributed by atoms with Gasteiger partial charge in [0.15, 0.2) is 6.54 Å². The van der Waals surface area contributed by atoms with E-state index in [9.17, 15) is 4.79 Å². The van der Waals surface area contributed by atoms with Crippen molar-refractivity contribution in [1.29, 1.82) is 0 Å². The Morgan fingerprint density at radius 3 is 2.44 bits per heavy atom. The van der Waals surface area contributed by atoms with Crippen LogP contribution in [-0.2, 0) is 11.2 Å². The Kier molecular flexibility index (Phi) is 7.00. The summed E-state index contributed by atoms with van der Waals surface area (Å²) in [6.07, 6.45) is 0.820. The first-order chi connectivity index (χ1) is 13.0. The van der Waals surface area contributed by atoms with Gasteiger partial charge < -0.3 is 15.1 Å². The lowest BCUT2D eigenvalue weighted by atomic mass is 10.1. The largest absolute Gasteiger partial charge is 0.360 e. The molecule has 1 saturated heterocycles. The molecule has 1 aliphatic rings. The normalized spacial score (nSPS) is 15.0. The minimum absolute atomic E-state index is 0.117. The molecule has 0 atom stereocenters. The van der Waals surface area contributed by atoms with Gasteiger partial charge in [0.2, 0.25) is 0 Å². The van der Waals surface area contributed by atoms with E-state index in [1.165, 1.54) is 21.7 Å². The summed E-state index contributed by atoms with van der Waals surface area (Å²) in [6, 6.07) is 13.8. The molecule has 2 aromatic rings. The number of nitrogens with one attached hydrogen (secondary N) is 2. The summed E-state index contributed by atoms with van der Waals surface area (Å²) < 4.78 is 0. The van der Waals surface area contributed by atoms with Crippen LogP contribution in [0.4, 0.5) is 5.69 Å². The number of amides is 1. The van der Waals surface area contributed by atoms with Gasteiger partial charge in [-0.1, -0.05) is 41.4 Å². The van der Waals surface area contributed by atoms with E-state index in [4.69, 9.17) is 23.2 Å². The van der Waals surface area contributed by atoms with Crippen molar-refractivity contribution in [3.8, 4) is 0 Å². The highest BCUT2D eigenvalue weighted by Crippen LogP contribution is 2.24. The van der Waals surface area contributed by atoms with Gasteiger partial charge >= 0.3 is 0 Å². The highest BCUT2D eigenvalue weighted by atomic mass is 35.5. The fourth-order valence-electron chi connectivity index (χ4n) is 3.45. The number of hydrogen-bond acceptors (Lipinski definition) is 2. The Morgan fingerprint density at radius 2 is 1.74 bits per heavy atom. The van der Waals surface area contributed by atoms with Crippen molar-refractivity contribution in [3.05, 3.63) is 63.6 Å². The van der Waals surface area contributed by atoms with Crippen molar-refractivity contribution < 1.29 is 9.69 Å². The molecule has 0 radical (unpaired) electrons. The lowest BCUT2D eigenvalue weighted by Gasteiger charge is -2.34. The molecule has 1 aliphatic heterocycles. The zero-order valence-corrected chi connectivity index (χ0v) is 17.1. The smallest absolute Gasteiger partial charge is 0.275 e. The number of carbonyl (C=O) groups is 1. The lowest BCUT2D eigenvalue weighted by Crippen LogP contribution is -3.16. The number of aryl methyl sites for hydroxylation is 1. The van der Waals surface area contributed by atoms with Crippen LogP contribution in [0.1, 0.15) is 11.1 Å². The molecule has 1 amide bonds. The molecule has 6 heteroatoms. The van der Waals surface area contributed by atoms with E-state index in [-0.39, 0.29) is 5.91 Å². The van der Waals surface area contributed by atoms with Gasteiger partial charge in [0.1, 0.15) is 0 Å². The second kappa shape index (κ2) is 9.45. The molecule has 2 aromatic carbocycles. The van der Waals surface area contributed by atoms with E-state index in [0.29, 0.717) is 13.1 Å². The predicted molar refractivity (Wildman–Crippen MR) is 112 cm³/mol. The first kappa shape index (κ1) is 20.0. The maximum atomic E-state index is 12.2. The van der Waals surface area contributed by atoms with E-state index in [1.807, 2.05) is 36.4 Å². The monoisotopic (exact) mass is 406 g/mol. The Labute approximate surface area is 171 Å². The number of nitrogens with zero attached hydrogens (tertiary/aromatic N) is 1. The minimum Gasteiger partial charge on any atom is -0.360 e. The number of benzene rings is 2. The van der Waals surface area contributed by atoms with Gasteiger partial charge in [-0.15, -0.1) is 0 Å². The number of rotatable bonds is 6. The van der Waals surface area contributed by atoms with Crippen LogP contribution in [0.5, 0.6) is 0 Å². The summed E-state index contributed by atoms with van der Waals surface area (Å²) in [5, 5.41) is 4.53. The summed E-state index contributed by atoms with van der Waals surface area (Å²) in [6.45, 7) is 7.08. The minimum atomic E-state index is 0.117. The highest BCUT2D eigenvalue weighted by Gasteiger charge is 2.23. The summed E-state index contributed by atoms with van der Waals surface area (Å²) in [4.78, 5) is 15.9. The molecule has 0 aromatic heterocycles. The zero-order valence-electron chi connectivity index (χ0n) is 15.6. The van der Waals surface area contributed by atoms with Crippen LogP contribution in [0.15, 0.2) is 42.5 Å². The average Bonchev–Trinajstić information content (AvgIpc) is 2.66. The van der Waals surface area contributed by atoms with Crippen molar-refractivity contribution in [2.75, 3.05) is 44.2 Å². The van der Waals surface area contributed by atoms with Crippen LogP contribution in [0, 0.1) is 6.92 Å². The van der Waals surface area contributed by atoms with Gasteiger partial charge in [-0.2, -0.15) is 0 Å². The Bertz CT molecular complexity index is 771. The van der Waals surface area contributed by atoms with Gasteiger partial charge in [-0.05, 0) is 48.7 Å². The summed E-state index contributed by atoms with van der Waals surface area (Å²) >= 11 is 12.0.